The second-order valence-corrected chi connectivity index (χ2v) is 4.99. The third-order valence-corrected chi connectivity index (χ3v) is 3.89. The summed E-state index contributed by atoms with van der Waals surface area (Å²) in [5, 5.41) is 7.42. The molecule has 1 aliphatic rings. The van der Waals surface area contributed by atoms with Gasteiger partial charge in [-0.05, 0) is 56.5 Å². The van der Waals surface area contributed by atoms with Gasteiger partial charge in [-0.3, -0.25) is 0 Å². The first kappa shape index (κ1) is 11.5. The molecule has 0 fully saturated rings. The van der Waals surface area contributed by atoms with Crippen LogP contribution >= 0.6 is 0 Å². The van der Waals surface area contributed by atoms with Crippen LogP contribution in [0.2, 0.25) is 0 Å². The molecule has 94 valence electrons. The van der Waals surface area contributed by atoms with Gasteiger partial charge in [0.25, 0.3) is 0 Å². The summed E-state index contributed by atoms with van der Waals surface area (Å²) >= 11 is 0. The van der Waals surface area contributed by atoms with Crippen molar-refractivity contribution in [2.75, 3.05) is 7.05 Å². The van der Waals surface area contributed by atoms with Crippen LogP contribution in [0.1, 0.15) is 35.0 Å². The van der Waals surface area contributed by atoms with E-state index < -0.39 is 0 Å². The third-order valence-electron chi connectivity index (χ3n) is 3.89. The van der Waals surface area contributed by atoms with Crippen LogP contribution in [0.5, 0.6) is 0 Å². The first-order valence-corrected chi connectivity index (χ1v) is 6.44. The number of aromatic nitrogens is 1. The van der Waals surface area contributed by atoms with Gasteiger partial charge in [0.05, 0.1) is 5.69 Å². The summed E-state index contributed by atoms with van der Waals surface area (Å²) in [6.07, 6.45) is 2.36. The number of fused-ring (bicyclic) bond motifs is 1. The smallest absolute Gasteiger partial charge is 0.141 e. The first-order valence-electron chi connectivity index (χ1n) is 6.44. The summed E-state index contributed by atoms with van der Waals surface area (Å²) in [5.74, 6) is 0.895. The van der Waals surface area contributed by atoms with E-state index >= 15 is 0 Å². The van der Waals surface area contributed by atoms with Gasteiger partial charge in [-0.2, -0.15) is 0 Å². The highest BCUT2D eigenvalue weighted by molar-refractivity contribution is 5.69. The number of nitrogens with one attached hydrogen (secondary N) is 1. The Morgan fingerprint density at radius 1 is 1.33 bits per heavy atom. The fourth-order valence-corrected chi connectivity index (χ4v) is 2.95. The molecule has 2 aromatic rings. The second-order valence-electron chi connectivity index (χ2n) is 4.99. The monoisotopic (exact) mass is 242 g/mol. The molecule has 0 spiro atoms. The summed E-state index contributed by atoms with van der Waals surface area (Å²) in [7, 11) is 2.03. The van der Waals surface area contributed by atoms with E-state index in [4.69, 9.17) is 4.52 Å². The fraction of sp³-hybridized carbons (Fsp3) is 0.400. The lowest BCUT2D eigenvalue weighted by atomic mass is 9.98. The molecule has 1 aliphatic carbocycles. The van der Waals surface area contributed by atoms with Crippen molar-refractivity contribution in [3.63, 3.8) is 0 Å². The van der Waals surface area contributed by atoms with Crippen LogP contribution in [0.3, 0.4) is 0 Å². The second kappa shape index (κ2) is 4.25. The quantitative estimate of drug-likeness (QED) is 0.879. The molecule has 1 N–H and O–H groups in total. The van der Waals surface area contributed by atoms with E-state index in [9.17, 15) is 0 Å². The minimum Gasteiger partial charge on any atom is -0.361 e. The van der Waals surface area contributed by atoms with Crippen molar-refractivity contribution in [3.8, 4) is 11.1 Å². The molecule has 1 atom stereocenters. The zero-order valence-corrected chi connectivity index (χ0v) is 11.1. The summed E-state index contributed by atoms with van der Waals surface area (Å²) in [6.45, 7) is 3.97. The van der Waals surface area contributed by atoms with Crippen LogP contribution in [0.15, 0.2) is 22.7 Å². The SMILES string of the molecule is CNC1CCc2ccc(-c3c(C)noc3C)cc21. The minimum absolute atomic E-state index is 0.487. The van der Waals surface area contributed by atoms with E-state index in [0.29, 0.717) is 6.04 Å². The van der Waals surface area contributed by atoms with Gasteiger partial charge in [0.2, 0.25) is 0 Å². The lowest BCUT2D eigenvalue weighted by molar-refractivity contribution is 0.393. The lowest BCUT2D eigenvalue weighted by Crippen LogP contribution is -2.12. The number of nitrogens with zero attached hydrogens (tertiary/aromatic N) is 1. The number of rotatable bonds is 2. The molecule has 3 nitrogen and oxygen atoms in total. The van der Waals surface area contributed by atoms with E-state index in [1.165, 1.54) is 29.5 Å². The molecule has 1 unspecified atom stereocenters. The molecule has 0 bridgehead atoms. The molecule has 3 rings (SSSR count). The maximum absolute atomic E-state index is 5.26. The van der Waals surface area contributed by atoms with Crippen molar-refractivity contribution >= 4 is 0 Å². The van der Waals surface area contributed by atoms with E-state index in [1.807, 2.05) is 20.9 Å². The van der Waals surface area contributed by atoms with Gasteiger partial charge in [0.1, 0.15) is 5.76 Å². The van der Waals surface area contributed by atoms with Gasteiger partial charge in [-0.1, -0.05) is 17.3 Å². The summed E-state index contributed by atoms with van der Waals surface area (Å²) in [4.78, 5) is 0. The van der Waals surface area contributed by atoms with Crippen LogP contribution < -0.4 is 5.32 Å². The Labute approximate surface area is 107 Å². The molecular weight excluding hydrogens is 224 g/mol. The van der Waals surface area contributed by atoms with Crippen LogP contribution in [0, 0.1) is 13.8 Å². The van der Waals surface area contributed by atoms with E-state index in [-0.39, 0.29) is 0 Å². The van der Waals surface area contributed by atoms with Crippen LogP contribution in [0.25, 0.3) is 11.1 Å². The Balaban J connectivity index is 2.10. The number of hydrogen-bond acceptors (Lipinski definition) is 3. The average molecular weight is 242 g/mol. The Bertz CT molecular complexity index is 567. The molecule has 3 heteroatoms. The fourth-order valence-electron chi connectivity index (χ4n) is 2.95. The molecule has 18 heavy (non-hydrogen) atoms. The topological polar surface area (TPSA) is 38.1 Å². The maximum Gasteiger partial charge on any atom is 0.141 e. The van der Waals surface area contributed by atoms with E-state index in [0.717, 1.165) is 17.0 Å². The molecule has 1 aromatic carbocycles. The minimum atomic E-state index is 0.487. The Morgan fingerprint density at radius 2 is 2.17 bits per heavy atom. The zero-order valence-electron chi connectivity index (χ0n) is 11.1. The highest BCUT2D eigenvalue weighted by atomic mass is 16.5. The van der Waals surface area contributed by atoms with Gasteiger partial charge in [-0.25, -0.2) is 0 Å². The van der Waals surface area contributed by atoms with Gasteiger partial charge in [0.15, 0.2) is 0 Å². The summed E-state index contributed by atoms with van der Waals surface area (Å²) < 4.78 is 5.26. The summed E-state index contributed by atoms with van der Waals surface area (Å²) in [6, 6.07) is 7.20. The average Bonchev–Trinajstić information content (AvgIpc) is 2.92. The standard InChI is InChI=1S/C15H18N2O/c1-9-15(10(2)18-17-9)12-5-4-11-6-7-14(16-3)13(11)8-12/h4-5,8,14,16H,6-7H2,1-3H3. The Hall–Kier alpha value is -1.61. The van der Waals surface area contributed by atoms with Crippen molar-refractivity contribution < 1.29 is 4.52 Å². The van der Waals surface area contributed by atoms with Crippen LogP contribution in [0.4, 0.5) is 0 Å². The van der Waals surface area contributed by atoms with E-state index in [2.05, 4.69) is 28.7 Å². The molecule has 1 aromatic heterocycles. The van der Waals surface area contributed by atoms with Gasteiger partial charge in [-0.15, -0.1) is 0 Å². The number of aryl methyl sites for hydroxylation is 3. The summed E-state index contributed by atoms with van der Waals surface area (Å²) in [5.41, 5.74) is 6.21. The van der Waals surface area contributed by atoms with Crippen molar-refractivity contribution in [2.24, 2.45) is 0 Å². The highest BCUT2D eigenvalue weighted by Crippen LogP contribution is 2.35. The zero-order chi connectivity index (χ0) is 12.7. The van der Waals surface area contributed by atoms with Gasteiger partial charge < -0.3 is 9.84 Å². The molecule has 0 aliphatic heterocycles. The van der Waals surface area contributed by atoms with Crippen molar-refractivity contribution in [1.29, 1.82) is 0 Å². The van der Waals surface area contributed by atoms with Crippen LogP contribution in [-0.4, -0.2) is 12.2 Å². The molecule has 0 saturated carbocycles. The number of benzene rings is 1. The van der Waals surface area contributed by atoms with Gasteiger partial charge in [0, 0.05) is 11.6 Å². The first-order chi connectivity index (χ1) is 8.70. The Morgan fingerprint density at radius 3 is 2.83 bits per heavy atom. The molecule has 0 saturated heterocycles. The molecule has 0 radical (unpaired) electrons. The van der Waals surface area contributed by atoms with E-state index in [1.54, 1.807) is 0 Å². The predicted octanol–water partition coefficient (Wildman–Crippen LogP) is 3.17. The molecular formula is C15H18N2O. The lowest BCUT2D eigenvalue weighted by Gasteiger charge is -2.11. The number of hydrogen-bond donors (Lipinski definition) is 1. The largest absolute Gasteiger partial charge is 0.361 e. The normalized spacial score (nSPS) is 18.1. The van der Waals surface area contributed by atoms with Crippen LogP contribution in [-0.2, 0) is 6.42 Å². The predicted molar refractivity (Wildman–Crippen MR) is 71.5 cm³/mol. The van der Waals surface area contributed by atoms with Gasteiger partial charge >= 0.3 is 0 Å². The Kier molecular flexibility index (Phi) is 2.71. The van der Waals surface area contributed by atoms with Crippen molar-refractivity contribution in [3.05, 3.63) is 40.8 Å². The molecule has 0 amide bonds. The molecule has 1 heterocycles. The highest BCUT2D eigenvalue weighted by Gasteiger charge is 2.22. The van der Waals surface area contributed by atoms with Crippen molar-refractivity contribution in [1.82, 2.24) is 10.5 Å². The van der Waals surface area contributed by atoms with Crippen molar-refractivity contribution in [2.45, 2.75) is 32.7 Å². The maximum atomic E-state index is 5.26. The third kappa shape index (κ3) is 1.66.